The number of benzene rings is 2. The Morgan fingerprint density at radius 2 is 1.74 bits per heavy atom. The van der Waals surface area contributed by atoms with Crippen LogP contribution in [-0.2, 0) is 22.6 Å². The Kier molecular flexibility index (Phi) is 7.02. The van der Waals surface area contributed by atoms with Gasteiger partial charge in [-0.25, -0.2) is 8.42 Å². The summed E-state index contributed by atoms with van der Waals surface area (Å²) in [6.45, 7) is 3.17. The monoisotopic (exact) mass is 545 g/mol. The summed E-state index contributed by atoms with van der Waals surface area (Å²) in [5.41, 5.74) is -0.543. The van der Waals surface area contributed by atoms with Gasteiger partial charge in [0.05, 0.1) is 16.2 Å². The lowest BCUT2D eigenvalue weighted by molar-refractivity contribution is -0.137. The van der Waals surface area contributed by atoms with Crippen LogP contribution >= 0.6 is 0 Å². The Hall–Kier alpha value is -4.19. The van der Waals surface area contributed by atoms with Gasteiger partial charge < -0.3 is 9.84 Å². The molecule has 2 heterocycles. The molecule has 1 N–H and O–H groups in total. The first kappa shape index (κ1) is 26.9. The molecule has 0 saturated carbocycles. The standard InChI is InChI=1S/C26H22F3N3O5S/c1-15-11-23(37-31-15)21-13-22(24(33)30-14-17-7-9-20(10-8-17)38(3,35)36)25(34)32(16(21)2)19-6-4-5-18(12-19)26(27,28)29/h4-13H,14H2,1-3H3,(H,30,33). The molecule has 0 aliphatic heterocycles. The minimum Gasteiger partial charge on any atom is -0.356 e. The van der Waals surface area contributed by atoms with Crippen LogP contribution in [0.25, 0.3) is 17.0 Å². The molecule has 38 heavy (non-hydrogen) atoms. The Morgan fingerprint density at radius 3 is 2.32 bits per heavy atom. The van der Waals surface area contributed by atoms with Crippen molar-refractivity contribution < 1.29 is 30.9 Å². The predicted molar refractivity (Wildman–Crippen MR) is 133 cm³/mol. The number of carbonyl (C=O) groups is 1. The van der Waals surface area contributed by atoms with E-state index in [1.54, 1.807) is 13.0 Å². The number of carbonyl (C=O) groups excluding carboxylic acids is 1. The van der Waals surface area contributed by atoms with Gasteiger partial charge in [0.25, 0.3) is 11.5 Å². The lowest BCUT2D eigenvalue weighted by Crippen LogP contribution is -2.33. The van der Waals surface area contributed by atoms with E-state index in [1.807, 2.05) is 0 Å². The highest BCUT2D eigenvalue weighted by atomic mass is 32.2. The molecule has 4 rings (SSSR count). The van der Waals surface area contributed by atoms with Gasteiger partial charge in [-0.2, -0.15) is 13.2 Å². The van der Waals surface area contributed by atoms with Crippen molar-refractivity contribution in [3.63, 3.8) is 0 Å². The maximum Gasteiger partial charge on any atom is 0.416 e. The molecule has 2 aromatic carbocycles. The molecule has 0 radical (unpaired) electrons. The van der Waals surface area contributed by atoms with Crippen LogP contribution in [0.5, 0.6) is 0 Å². The maximum atomic E-state index is 13.5. The normalized spacial score (nSPS) is 11.9. The molecule has 12 heteroatoms. The van der Waals surface area contributed by atoms with Gasteiger partial charge in [0.2, 0.25) is 0 Å². The van der Waals surface area contributed by atoms with Gasteiger partial charge in [0.1, 0.15) is 5.56 Å². The zero-order valence-electron chi connectivity index (χ0n) is 20.5. The fourth-order valence-corrected chi connectivity index (χ4v) is 4.50. The quantitative estimate of drug-likeness (QED) is 0.383. The Balaban J connectivity index is 1.77. The van der Waals surface area contributed by atoms with E-state index in [2.05, 4.69) is 10.5 Å². The molecule has 0 bridgehead atoms. The van der Waals surface area contributed by atoms with Crippen molar-refractivity contribution in [2.45, 2.75) is 31.5 Å². The van der Waals surface area contributed by atoms with Crippen molar-refractivity contribution in [1.29, 1.82) is 0 Å². The highest BCUT2D eigenvalue weighted by Gasteiger charge is 2.31. The van der Waals surface area contributed by atoms with E-state index in [-0.39, 0.29) is 34.1 Å². The maximum absolute atomic E-state index is 13.5. The predicted octanol–water partition coefficient (Wildman–Crippen LogP) is 4.46. The first-order valence-corrected chi connectivity index (χ1v) is 13.1. The largest absolute Gasteiger partial charge is 0.416 e. The van der Waals surface area contributed by atoms with Crippen molar-refractivity contribution >= 4 is 15.7 Å². The molecule has 0 atom stereocenters. The van der Waals surface area contributed by atoms with E-state index in [0.29, 0.717) is 16.8 Å². The number of sulfone groups is 1. The molecular weight excluding hydrogens is 523 g/mol. The van der Waals surface area contributed by atoms with Gasteiger partial charge in [0, 0.05) is 35.8 Å². The number of nitrogens with zero attached hydrogens (tertiary/aromatic N) is 2. The first-order chi connectivity index (χ1) is 17.8. The third kappa shape index (κ3) is 5.54. The zero-order chi connectivity index (χ0) is 27.8. The number of pyridine rings is 1. The van der Waals surface area contributed by atoms with E-state index in [4.69, 9.17) is 4.52 Å². The molecule has 2 aromatic heterocycles. The summed E-state index contributed by atoms with van der Waals surface area (Å²) in [6, 6.07) is 13.0. The minimum absolute atomic E-state index is 0.0313. The molecule has 0 saturated heterocycles. The lowest BCUT2D eigenvalue weighted by Gasteiger charge is -2.17. The summed E-state index contributed by atoms with van der Waals surface area (Å²) in [4.78, 5) is 26.7. The van der Waals surface area contributed by atoms with Crippen molar-refractivity contribution in [3.8, 4) is 17.0 Å². The van der Waals surface area contributed by atoms with Crippen LogP contribution in [0.2, 0.25) is 0 Å². The third-order valence-corrected chi connectivity index (χ3v) is 6.95. The van der Waals surface area contributed by atoms with Gasteiger partial charge in [-0.3, -0.25) is 14.2 Å². The Labute approximate surface area is 215 Å². The summed E-state index contributed by atoms with van der Waals surface area (Å²) in [6.07, 6.45) is -3.57. The van der Waals surface area contributed by atoms with Crippen LogP contribution in [0, 0.1) is 13.8 Å². The van der Waals surface area contributed by atoms with Crippen LogP contribution in [0.1, 0.15) is 32.9 Å². The molecule has 0 spiro atoms. The second-order valence-electron chi connectivity index (χ2n) is 8.68. The molecule has 198 valence electrons. The van der Waals surface area contributed by atoms with Crippen molar-refractivity contribution in [2.75, 3.05) is 6.26 Å². The van der Waals surface area contributed by atoms with Gasteiger partial charge in [0.15, 0.2) is 15.6 Å². The number of aryl methyl sites for hydroxylation is 1. The molecule has 4 aromatic rings. The molecule has 0 aliphatic rings. The average molecular weight is 546 g/mol. The van der Waals surface area contributed by atoms with E-state index in [1.165, 1.54) is 49.4 Å². The summed E-state index contributed by atoms with van der Waals surface area (Å²) in [5.74, 6) is -0.549. The van der Waals surface area contributed by atoms with E-state index < -0.39 is 33.0 Å². The number of nitrogens with one attached hydrogen (secondary N) is 1. The number of hydrogen-bond acceptors (Lipinski definition) is 6. The number of rotatable bonds is 6. The van der Waals surface area contributed by atoms with Crippen molar-refractivity contribution in [3.05, 3.63) is 99.1 Å². The molecule has 0 fully saturated rings. The molecule has 1 amide bonds. The molecule has 0 aliphatic carbocycles. The first-order valence-electron chi connectivity index (χ1n) is 11.2. The second-order valence-corrected chi connectivity index (χ2v) is 10.7. The SMILES string of the molecule is Cc1cc(-c2cc(C(=O)NCc3ccc(S(C)(=O)=O)cc3)c(=O)n(-c3cccc(C(F)(F)F)c3)c2C)on1. The zero-order valence-corrected chi connectivity index (χ0v) is 21.3. The fraction of sp³-hybridized carbons (Fsp3) is 0.192. The Morgan fingerprint density at radius 1 is 1.05 bits per heavy atom. The van der Waals surface area contributed by atoms with E-state index in [9.17, 15) is 31.2 Å². The number of halogens is 3. The topological polar surface area (TPSA) is 111 Å². The van der Waals surface area contributed by atoms with Gasteiger partial charge in [-0.05, 0) is 55.8 Å². The van der Waals surface area contributed by atoms with Crippen LogP contribution in [0.4, 0.5) is 13.2 Å². The van der Waals surface area contributed by atoms with Crippen LogP contribution < -0.4 is 10.9 Å². The number of alkyl halides is 3. The van der Waals surface area contributed by atoms with Gasteiger partial charge in [-0.15, -0.1) is 0 Å². The third-order valence-electron chi connectivity index (χ3n) is 5.82. The summed E-state index contributed by atoms with van der Waals surface area (Å²) in [5, 5.41) is 6.43. The number of hydrogen-bond donors (Lipinski definition) is 1. The highest BCUT2D eigenvalue weighted by molar-refractivity contribution is 7.90. The van der Waals surface area contributed by atoms with E-state index >= 15 is 0 Å². The van der Waals surface area contributed by atoms with Gasteiger partial charge in [-0.1, -0.05) is 23.4 Å². The van der Waals surface area contributed by atoms with Crippen LogP contribution in [0.15, 0.2) is 74.9 Å². The number of amides is 1. The summed E-state index contributed by atoms with van der Waals surface area (Å²) < 4.78 is 69.8. The molecular formula is C26H22F3N3O5S. The van der Waals surface area contributed by atoms with Crippen molar-refractivity contribution in [1.82, 2.24) is 15.0 Å². The summed E-state index contributed by atoms with van der Waals surface area (Å²) in [7, 11) is -3.39. The smallest absolute Gasteiger partial charge is 0.356 e. The summed E-state index contributed by atoms with van der Waals surface area (Å²) >= 11 is 0. The average Bonchev–Trinajstić information content (AvgIpc) is 3.28. The highest BCUT2D eigenvalue weighted by Crippen LogP contribution is 2.31. The van der Waals surface area contributed by atoms with Gasteiger partial charge >= 0.3 is 6.18 Å². The Bertz CT molecular complexity index is 1690. The van der Waals surface area contributed by atoms with Crippen LogP contribution in [-0.4, -0.2) is 30.3 Å². The molecule has 8 nitrogen and oxygen atoms in total. The lowest BCUT2D eigenvalue weighted by atomic mass is 10.1. The second kappa shape index (κ2) is 9.93. The molecule has 0 unspecified atom stereocenters. The minimum atomic E-state index is -4.64. The van der Waals surface area contributed by atoms with Crippen LogP contribution in [0.3, 0.4) is 0 Å². The number of aromatic nitrogens is 2. The van der Waals surface area contributed by atoms with E-state index in [0.717, 1.165) is 23.0 Å². The fourth-order valence-electron chi connectivity index (χ4n) is 3.87. The van der Waals surface area contributed by atoms with Crippen molar-refractivity contribution in [2.24, 2.45) is 0 Å².